The van der Waals surface area contributed by atoms with Crippen molar-refractivity contribution in [1.82, 2.24) is 5.32 Å². The van der Waals surface area contributed by atoms with E-state index in [0.717, 1.165) is 33.6 Å². The zero-order valence-electron chi connectivity index (χ0n) is 21.2. The van der Waals surface area contributed by atoms with Gasteiger partial charge in [-0.3, -0.25) is 9.59 Å². The fourth-order valence-electron chi connectivity index (χ4n) is 4.96. The summed E-state index contributed by atoms with van der Waals surface area (Å²) in [7, 11) is 0. The molecule has 0 aromatic heterocycles. The van der Waals surface area contributed by atoms with Crippen molar-refractivity contribution >= 4 is 23.3 Å². The highest BCUT2D eigenvalue weighted by Gasteiger charge is 2.37. The molecule has 3 aromatic carbocycles. The van der Waals surface area contributed by atoms with Crippen LogP contribution in [-0.4, -0.2) is 30.2 Å². The van der Waals surface area contributed by atoms with Crippen molar-refractivity contribution in [2.24, 2.45) is 0 Å². The number of benzene rings is 3. The predicted molar refractivity (Wildman–Crippen MR) is 142 cm³/mol. The molecule has 1 amide bonds. The summed E-state index contributed by atoms with van der Waals surface area (Å²) < 4.78 is 5.65. The van der Waals surface area contributed by atoms with E-state index in [4.69, 9.17) is 4.74 Å². The van der Waals surface area contributed by atoms with Crippen LogP contribution in [0.1, 0.15) is 57.4 Å². The maximum atomic E-state index is 13.9. The third-order valence-electron chi connectivity index (χ3n) is 6.74. The normalized spacial score (nSPS) is 14.8. The molecule has 1 fully saturated rings. The highest BCUT2D eigenvalue weighted by molar-refractivity contribution is 5.97. The minimum atomic E-state index is -0.889. The van der Waals surface area contributed by atoms with Crippen LogP contribution in [0.15, 0.2) is 60.7 Å². The summed E-state index contributed by atoms with van der Waals surface area (Å²) >= 11 is 0. The van der Waals surface area contributed by atoms with E-state index in [1.165, 1.54) is 0 Å². The lowest BCUT2D eigenvalue weighted by Gasteiger charge is -2.39. The average molecular weight is 487 g/mol. The van der Waals surface area contributed by atoms with Gasteiger partial charge in [0.2, 0.25) is 0 Å². The van der Waals surface area contributed by atoms with Crippen LogP contribution in [0.4, 0.5) is 11.4 Å². The first-order chi connectivity index (χ1) is 17.2. The topological polar surface area (TPSA) is 87.7 Å². The number of ether oxygens (including phenoxy) is 1. The van der Waals surface area contributed by atoms with Crippen LogP contribution >= 0.6 is 0 Å². The second-order valence-corrected chi connectivity index (χ2v) is 9.79. The lowest BCUT2D eigenvalue weighted by atomic mass is 9.81. The third-order valence-corrected chi connectivity index (χ3v) is 6.74. The summed E-state index contributed by atoms with van der Waals surface area (Å²) in [6.07, 6.45) is 1.59. The van der Waals surface area contributed by atoms with Crippen LogP contribution in [0.2, 0.25) is 0 Å². The van der Waals surface area contributed by atoms with Crippen LogP contribution in [0, 0.1) is 20.8 Å². The van der Waals surface area contributed by atoms with E-state index in [9.17, 15) is 14.7 Å². The minimum absolute atomic E-state index is 0.0407. The quantitative estimate of drug-likeness (QED) is 0.374. The number of hydrogen-bond donors (Lipinski definition) is 3. The number of carboxylic acid groups (broad SMARTS) is 1. The zero-order valence-corrected chi connectivity index (χ0v) is 21.2. The van der Waals surface area contributed by atoms with Crippen LogP contribution in [0.5, 0.6) is 0 Å². The average Bonchev–Trinajstić information content (AvgIpc) is 2.83. The Hall–Kier alpha value is -3.64. The Labute approximate surface area is 212 Å². The largest absolute Gasteiger partial charge is 0.481 e. The van der Waals surface area contributed by atoms with Gasteiger partial charge in [0.15, 0.2) is 0 Å². The maximum Gasteiger partial charge on any atom is 0.303 e. The number of anilines is 2. The molecule has 36 heavy (non-hydrogen) atoms. The molecular weight excluding hydrogens is 452 g/mol. The van der Waals surface area contributed by atoms with Crippen LogP contribution in [0.25, 0.3) is 0 Å². The summed E-state index contributed by atoms with van der Waals surface area (Å²) in [4.78, 5) is 25.1. The minimum Gasteiger partial charge on any atom is -0.481 e. The second kappa shape index (κ2) is 11.0. The Morgan fingerprint density at radius 3 is 2.25 bits per heavy atom. The molecule has 1 saturated heterocycles. The number of carbonyl (C=O) groups is 2. The Morgan fingerprint density at radius 2 is 1.58 bits per heavy atom. The molecule has 4 rings (SSSR count). The smallest absolute Gasteiger partial charge is 0.303 e. The van der Waals surface area contributed by atoms with Gasteiger partial charge >= 0.3 is 5.97 Å². The SMILES string of the molecule is Cc1cccc(Nc2ccc(CCC(=O)O)c(C(=O)NC3(c4cc(C)cc(C)c4)CCOCC3)c2)c1. The summed E-state index contributed by atoms with van der Waals surface area (Å²) in [5, 5.41) is 16.0. The van der Waals surface area contributed by atoms with Crippen molar-refractivity contribution in [3.8, 4) is 0 Å². The van der Waals surface area contributed by atoms with Crippen LogP contribution in [-0.2, 0) is 21.5 Å². The third kappa shape index (κ3) is 6.13. The van der Waals surface area contributed by atoms with Gasteiger partial charge in [0.05, 0.1) is 5.54 Å². The van der Waals surface area contributed by atoms with E-state index in [2.05, 4.69) is 42.7 Å². The number of nitrogens with one attached hydrogen (secondary N) is 2. The molecule has 0 atom stereocenters. The fraction of sp³-hybridized carbons (Fsp3) is 0.333. The van der Waals surface area contributed by atoms with E-state index in [0.29, 0.717) is 37.2 Å². The first kappa shape index (κ1) is 25.5. The Balaban J connectivity index is 1.69. The Morgan fingerprint density at radius 1 is 0.889 bits per heavy atom. The van der Waals surface area contributed by atoms with Gasteiger partial charge in [-0.25, -0.2) is 0 Å². The van der Waals surface area contributed by atoms with E-state index >= 15 is 0 Å². The number of carboxylic acids is 1. The molecule has 0 bridgehead atoms. The molecule has 0 saturated carbocycles. The van der Waals surface area contributed by atoms with Gasteiger partial charge in [-0.1, -0.05) is 47.5 Å². The number of aryl methyl sites for hydroxylation is 4. The van der Waals surface area contributed by atoms with Crippen molar-refractivity contribution in [2.45, 2.75) is 52.0 Å². The number of hydrogen-bond acceptors (Lipinski definition) is 4. The highest BCUT2D eigenvalue weighted by atomic mass is 16.5. The number of aliphatic carboxylic acids is 1. The Kier molecular flexibility index (Phi) is 7.75. The molecule has 1 aliphatic heterocycles. The number of rotatable bonds is 8. The van der Waals surface area contributed by atoms with Crippen molar-refractivity contribution < 1.29 is 19.4 Å². The summed E-state index contributed by atoms with van der Waals surface area (Å²) in [5.74, 6) is -1.09. The molecular formula is C30H34N2O4. The van der Waals surface area contributed by atoms with E-state index in [-0.39, 0.29) is 18.7 Å². The molecule has 0 spiro atoms. The van der Waals surface area contributed by atoms with Crippen molar-refractivity contribution in [3.05, 3.63) is 94.0 Å². The lowest BCUT2D eigenvalue weighted by Crippen LogP contribution is -2.49. The number of amides is 1. The second-order valence-electron chi connectivity index (χ2n) is 9.79. The molecule has 0 unspecified atom stereocenters. The van der Waals surface area contributed by atoms with Crippen molar-refractivity contribution in [1.29, 1.82) is 0 Å². The zero-order chi connectivity index (χ0) is 25.7. The van der Waals surface area contributed by atoms with Crippen LogP contribution in [0.3, 0.4) is 0 Å². The summed E-state index contributed by atoms with van der Waals surface area (Å²) in [6, 6.07) is 20.0. The first-order valence-corrected chi connectivity index (χ1v) is 12.4. The summed E-state index contributed by atoms with van der Waals surface area (Å²) in [5.41, 5.74) is 6.87. The number of carbonyl (C=O) groups excluding carboxylic acids is 1. The summed E-state index contributed by atoms with van der Waals surface area (Å²) in [6.45, 7) is 7.28. The molecule has 3 aromatic rings. The molecule has 1 aliphatic rings. The molecule has 6 nitrogen and oxygen atoms in total. The standard InChI is InChI=1S/C30H34N2O4/c1-20-5-4-6-25(18-20)31-26-9-7-23(8-10-28(33)34)27(19-26)29(35)32-30(11-13-36-14-12-30)24-16-21(2)15-22(3)17-24/h4-7,9,15-19,31H,8,10-14H2,1-3H3,(H,32,35)(H,33,34). The molecule has 3 N–H and O–H groups in total. The van der Waals surface area contributed by atoms with Crippen molar-refractivity contribution in [3.63, 3.8) is 0 Å². The molecule has 6 heteroatoms. The van der Waals surface area contributed by atoms with E-state index < -0.39 is 11.5 Å². The monoisotopic (exact) mass is 486 g/mol. The maximum absolute atomic E-state index is 13.9. The van der Waals surface area contributed by atoms with E-state index in [1.54, 1.807) is 0 Å². The van der Waals surface area contributed by atoms with Gasteiger partial charge in [-0.05, 0) is 81.0 Å². The van der Waals surface area contributed by atoms with Crippen molar-refractivity contribution in [2.75, 3.05) is 18.5 Å². The van der Waals surface area contributed by atoms with Gasteiger partial charge in [0, 0.05) is 36.6 Å². The fourth-order valence-corrected chi connectivity index (χ4v) is 4.96. The predicted octanol–water partition coefficient (Wildman–Crippen LogP) is 5.81. The van der Waals surface area contributed by atoms with E-state index in [1.807, 2.05) is 49.4 Å². The molecule has 188 valence electrons. The van der Waals surface area contributed by atoms with Gasteiger partial charge in [0.1, 0.15) is 0 Å². The lowest BCUT2D eigenvalue weighted by molar-refractivity contribution is -0.136. The van der Waals surface area contributed by atoms with Crippen LogP contribution < -0.4 is 10.6 Å². The van der Waals surface area contributed by atoms with Gasteiger partial charge < -0.3 is 20.5 Å². The van der Waals surface area contributed by atoms with Gasteiger partial charge in [0.25, 0.3) is 5.91 Å². The van der Waals surface area contributed by atoms with Gasteiger partial charge in [-0.15, -0.1) is 0 Å². The Bertz CT molecular complexity index is 1240. The van der Waals surface area contributed by atoms with Gasteiger partial charge in [-0.2, -0.15) is 0 Å². The first-order valence-electron chi connectivity index (χ1n) is 12.4. The molecule has 0 aliphatic carbocycles. The highest BCUT2D eigenvalue weighted by Crippen LogP contribution is 2.34. The molecule has 1 heterocycles. The molecule has 0 radical (unpaired) electrons.